The van der Waals surface area contributed by atoms with Crippen LogP contribution in [0.3, 0.4) is 0 Å². The van der Waals surface area contributed by atoms with Gasteiger partial charge in [-0.3, -0.25) is 9.59 Å². The summed E-state index contributed by atoms with van der Waals surface area (Å²) in [7, 11) is 0. The highest BCUT2D eigenvalue weighted by Gasteiger charge is 2.40. The quantitative estimate of drug-likeness (QED) is 0.745. The van der Waals surface area contributed by atoms with Gasteiger partial charge in [0.1, 0.15) is 6.61 Å². The fourth-order valence-corrected chi connectivity index (χ4v) is 2.57. The molecule has 1 heterocycles. The van der Waals surface area contributed by atoms with Crippen molar-refractivity contribution in [2.75, 3.05) is 19.8 Å². The van der Waals surface area contributed by atoms with Crippen LogP contribution in [0.1, 0.15) is 13.8 Å². The molecule has 1 N–H and O–H groups in total. The lowest BCUT2D eigenvalue weighted by atomic mass is 9.90. The first-order chi connectivity index (χ1) is 9.43. The molecule has 20 heavy (non-hydrogen) atoms. The zero-order valence-electron chi connectivity index (χ0n) is 11.5. The molecule has 1 aliphatic carbocycles. The molecule has 0 aromatic carbocycles. The van der Waals surface area contributed by atoms with Crippen molar-refractivity contribution in [2.24, 2.45) is 11.8 Å². The molecule has 2 unspecified atom stereocenters. The second kappa shape index (κ2) is 5.58. The van der Waals surface area contributed by atoms with Crippen LogP contribution in [0.5, 0.6) is 0 Å². The van der Waals surface area contributed by atoms with Gasteiger partial charge in [0.2, 0.25) is 5.91 Å². The number of aliphatic carboxylic acids is 1. The van der Waals surface area contributed by atoms with E-state index in [2.05, 4.69) is 0 Å². The molecule has 2 atom stereocenters. The topological polar surface area (TPSA) is 83.9 Å². The maximum Gasteiger partial charge on any atom is 0.329 e. The number of amides is 1. The summed E-state index contributed by atoms with van der Waals surface area (Å²) in [6, 6.07) is 0. The number of carboxylic acid groups (broad SMARTS) is 1. The molecular weight excluding hydrogens is 262 g/mol. The maximum absolute atomic E-state index is 12.2. The number of allylic oxidation sites excluding steroid dienone is 3. The summed E-state index contributed by atoms with van der Waals surface area (Å²) in [6.07, 6.45) is 3.22. The molecular formula is C14H17NO5. The van der Waals surface area contributed by atoms with E-state index in [1.807, 2.05) is 6.92 Å². The monoisotopic (exact) mass is 279 g/mol. The second-order valence-electron chi connectivity index (χ2n) is 4.96. The first-order valence-electron chi connectivity index (χ1n) is 6.50. The van der Waals surface area contributed by atoms with Crippen molar-refractivity contribution in [3.05, 3.63) is 23.4 Å². The normalized spacial score (nSPS) is 25.4. The number of hydrogen-bond donors (Lipinski definition) is 1. The summed E-state index contributed by atoms with van der Waals surface area (Å²) >= 11 is 0. The van der Waals surface area contributed by atoms with Gasteiger partial charge in [-0.1, -0.05) is 6.08 Å². The number of carbonyl (C=O) groups excluding carboxylic acids is 2. The van der Waals surface area contributed by atoms with E-state index in [-0.39, 0.29) is 36.7 Å². The van der Waals surface area contributed by atoms with E-state index < -0.39 is 12.6 Å². The first-order valence-corrected chi connectivity index (χ1v) is 6.50. The Bertz CT molecular complexity index is 520. The molecule has 0 bridgehead atoms. The molecule has 0 fully saturated rings. The molecule has 2 aliphatic rings. The highest BCUT2D eigenvalue weighted by atomic mass is 16.5. The third kappa shape index (κ3) is 2.51. The van der Waals surface area contributed by atoms with E-state index in [0.29, 0.717) is 0 Å². The van der Waals surface area contributed by atoms with Crippen LogP contribution in [0.4, 0.5) is 0 Å². The van der Waals surface area contributed by atoms with E-state index in [9.17, 15) is 14.4 Å². The lowest BCUT2D eigenvalue weighted by molar-refractivity contribution is -0.142. The van der Waals surface area contributed by atoms with Crippen molar-refractivity contribution >= 4 is 17.7 Å². The number of hydrogen-bond acceptors (Lipinski definition) is 4. The van der Waals surface area contributed by atoms with Crippen LogP contribution in [0, 0.1) is 11.8 Å². The van der Waals surface area contributed by atoms with Gasteiger partial charge in [0.25, 0.3) is 0 Å². The number of ether oxygens (including phenoxy) is 1. The smallest absolute Gasteiger partial charge is 0.329 e. The minimum absolute atomic E-state index is 0.0258. The van der Waals surface area contributed by atoms with Gasteiger partial charge in [0.15, 0.2) is 5.78 Å². The van der Waals surface area contributed by atoms with Gasteiger partial charge in [-0.05, 0) is 25.5 Å². The van der Waals surface area contributed by atoms with E-state index in [1.54, 1.807) is 17.9 Å². The van der Waals surface area contributed by atoms with E-state index in [0.717, 1.165) is 11.3 Å². The van der Waals surface area contributed by atoms with Gasteiger partial charge in [-0.2, -0.15) is 0 Å². The maximum atomic E-state index is 12.2. The van der Waals surface area contributed by atoms with Crippen LogP contribution in [0.2, 0.25) is 0 Å². The van der Waals surface area contributed by atoms with Crippen LogP contribution >= 0.6 is 0 Å². The molecule has 6 heteroatoms. The molecule has 0 spiro atoms. The van der Waals surface area contributed by atoms with Crippen LogP contribution in [-0.4, -0.2) is 47.4 Å². The minimum Gasteiger partial charge on any atom is -0.480 e. The van der Waals surface area contributed by atoms with E-state index >= 15 is 0 Å². The van der Waals surface area contributed by atoms with Crippen molar-refractivity contribution in [3.8, 4) is 0 Å². The molecule has 6 nitrogen and oxygen atoms in total. The Morgan fingerprint density at radius 1 is 1.30 bits per heavy atom. The lowest BCUT2D eigenvalue weighted by Crippen LogP contribution is -2.35. The first kappa shape index (κ1) is 14.5. The Labute approximate surface area is 116 Å². The summed E-state index contributed by atoms with van der Waals surface area (Å²) in [5.41, 5.74) is 1.61. The Morgan fingerprint density at radius 2 is 2.00 bits per heavy atom. The lowest BCUT2D eigenvalue weighted by Gasteiger charge is -2.25. The number of carboxylic acids is 1. The van der Waals surface area contributed by atoms with Crippen LogP contribution in [0.25, 0.3) is 0 Å². The highest BCUT2D eigenvalue weighted by Crippen LogP contribution is 2.37. The fraction of sp³-hybridized carbons (Fsp3) is 0.500. The molecule has 0 saturated carbocycles. The SMILES string of the molecule is CC1C(=O)N(CCOCC(=O)O)C2=C1C=CC(=O)C2C. The number of nitrogens with zero attached hydrogens (tertiary/aromatic N) is 1. The molecule has 0 radical (unpaired) electrons. The average Bonchev–Trinajstić information content (AvgIpc) is 2.64. The fourth-order valence-electron chi connectivity index (χ4n) is 2.57. The number of rotatable bonds is 5. The predicted octanol–water partition coefficient (Wildman–Crippen LogP) is 0.595. The Morgan fingerprint density at radius 3 is 2.65 bits per heavy atom. The van der Waals surface area contributed by atoms with Crippen molar-refractivity contribution in [3.63, 3.8) is 0 Å². The zero-order chi connectivity index (χ0) is 14.9. The molecule has 0 aromatic heterocycles. The Balaban J connectivity index is 2.10. The summed E-state index contributed by atoms with van der Waals surface area (Å²) in [6.45, 7) is 3.59. The molecule has 0 saturated heterocycles. The predicted molar refractivity (Wildman–Crippen MR) is 69.7 cm³/mol. The van der Waals surface area contributed by atoms with Crippen LogP contribution < -0.4 is 0 Å². The third-order valence-corrected chi connectivity index (χ3v) is 3.64. The largest absolute Gasteiger partial charge is 0.480 e. The highest BCUT2D eigenvalue weighted by molar-refractivity contribution is 5.99. The van der Waals surface area contributed by atoms with Gasteiger partial charge in [0, 0.05) is 12.2 Å². The average molecular weight is 279 g/mol. The number of ketones is 1. The van der Waals surface area contributed by atoms with Gasteiger partial charge >= 0.3 is 5.97 Å². The van der Waals surface area contributed by atoms with Crippen molar-refractivity contribution in [2.45, 2.75) is 13.8 Å². The van der Waals surface area contributed by atoms with Crippen molar-refractivity contribution < 1.29 is 24.2 Å². The molecule has 1 amide bonds. The standard InChI is InChI=1S/C14H17NO5/c1-8-10-3-4-11(16)9(2)13(10)15(14(8)19)5-6-20-7-12(17)18/h3-4,8-9H,5-7H2,1-2H3,(H,17,18). The van der Waals surface area contributed by atoms with E-state index in [4.69, 9.17) is 9.84 Å². The minimum atomic E-state index is -1.05. The summed E-state index contributed by atoms with van der Waals surface area (Å²) in [5.74, 6) is -1.75. The van der Waals surface area contributed by atoms with Gasteiger partial charge in [0.05, 0.1) is 18.4 Å². The number of carbonyl (C=O) groups is 3. The summed E-state index contributed by atoms with van der Waals surface area (Å²) in [5, 5.41) is 8.50. The summed E-state index contributed by atoms with van der Waals surface area (Å²) < 4.78 is 4.96. The van der Waals surface area contributed by atoms with Crippen molar-refractivity contribution in [1.82, 2.24) is 4.90 Å². The molecule has 1 aliphatic heterocycles. The van der Waals surface area contributed by atoms with Gasteiger partial charge < -0.3 is 14.7 Å². The van der Waals surface area contributed by atoms with E-state index in [1.165, 1.54) is 6.08 Å². The summed E-state index contributed by atoms with van der Waals surface area (Å²) in [4.78, 5) is 35.9. The Kier molecular flexibility index (Phi) is 4.04. The molecule has 0 aromatic rings. The van der Waals surface area contributed by atoms with Gasteiger partial charge in [-0.25, -0.2) is 4.79 Å². The van der Waals surface area contributed by atoms with Crippen LogP contribution in [-0.2, 0) is 19.1 Å². The van der Waals surface area contributed by atoms with Crippen molar-refractivity contribution in [1.29, 1.82) is 0 Å². The third-order valence-electron chi connectivity index (χ3n) is 3.64. The second-order valence-corrected chi connectivity index (χ2v) is 4.96. The Hall–Kier alpha value is -1.95. The van der Waals surface area contributed by atoms with Crippen LogP contribution in [0.15, 0.2) is 23.4 Å². The molecule has 2 rings (SSSR count). The zero-order valence-corrected chi connectivity index (χ0v) is 11.5. The van der Waals surface area contributed by atoms with Gasteiger partial charge in [-0.15, -0.1) is 0 Å². The molecule has 108 valence electrons.